The molecule has 19 heavy (non-hydrogen) atoms. The van der Waals surface area contributed by atoms with Crippen LogP contribution >= 0.6 is 11.8 Å². The van der Waals surface area contributed by atoms with E-state index in [1.807, 2.05) is 6.92 Å². The minimum absolute atomic E-state index is 0.414. The first-order chi connectivity index (χ1) is 9.01. The van der Waals surface area contributed by atoms with Crippen LogP contribution in [0.3, 0.4) is 0 Å². The van der Waals surface area contributed by atoms with E-state index < -0.39 is 11.6 Å². The number of anilines is 1. The van der Waals surface area contributed by atoms with Crippen LogP contribution in [0.2, 0.25) is 0 Å². The van der Waals surface area contributed by atoms with Crippen molar-refractivity contribution in [2.24, 2.45) is 0 Å². The number of nitrogen functional groups attached to an aromatic ring is 1. The molecule has 0 atom stereocenters. The van der Waals surface area contributed by atoms with Crippen LogP contribution in [0.5, 0.6) is 0 Å². The van der Waals surface area contributed by atoms with E-state index in [1.165, 1.54) is 17.8 Å². The molecule has 2 aromatic rings. The van der Waals surface area contributed by atoms with Gasteiger partial charge in [-0.1, -0.05) is 18.7 Å². The van der Waals surface area contributed by atoms with Gasteiger partial charge in [-0.25, -0.2) is 18.7 Å². The zero-order valence-electron chi connectivity index (χ0n) is 10.6. The van der Waals surface area contributed by atoms with Crippen molar-refractivity contribution in [3.8, 4) is 0 Å². The molecule has 0 saturated heterocycles. The van der Waals surface area contributed by atoms with Crippen LogP contribution in [0.15, 0.2) is 28.1 Å². The second-order valence-electron chi connectivity index (χ2n) is 3.99. The highest BCUT2D eigenvalue weighted by molar-refractivity contribution is 7.99. The lowest BCUT2D eigenvalue weighted by atomic mass is 10.3. The molecule has 0 radical (unpaired) electrons. The highest BCUT2D eigenvalue weighted by atomic mass is 32.2. The van der Waals surface area contributed by atoms with Crippen LogP contribution in [-0.4, -0.2) is 9.97 Å². The van der Waals surface area contributed by atoms with Gasteiger partial charge in [0.1, 0.15) is 16.7 Å². The van der Waals surface area contributed by atoms with Crippen molar-refractivity contribution in [1.29, 1.82) is 0 Å². The molecule has 0 aliphatic heterocycles. The van der Waals surface area contributed by atoms with Gasteiger partial charge >= 0.3 is 0 Å². The van der Waals surface area contributed by atoms with Crippen LogP contribution in [0.1, 0.15) is 18.3 Å². The quantitative estimate of drug-likeness (QED) is 0.876. The second-order valence-corrected chi connectivity index (χ2v) is 5.05. The standard InChI is InChI=1S/C13H13F2N3S/c1-3-11-17-12(16)7(2)13(18-11)19-8-4-5-9(14)10(15)6-8/h4-6H,3H2,1-2H3,(H2,16,17,18). The minimum atomic E-state index is -0.875. The van der Waals surface area contributed by atoms with E-state index in [-0.39, 0.29) is 0 Å². The van der Waals surface area contributed by atoms with Crippen LogP contribution in [-0.2, 0) is 6.42 Å². The summed E-state index contributed by atoms with van der Waals surface area (Å²) in [5.74, 6) is -0.692. The number of rotatable bonds is 3. The lowest BCUT2D eigenvalue weighted by Gasteiger charge is -2.09. The maximum absolute atomic E-state index is 13.2. The fourth-order valence-corrected chi connectivity index (χ4v) is 2.40. The van der Waals surface area contributed by atoms with Crippen molar-refractivity contribution < 1.29 is 8.78 Å². The number of hydrogen-bond donors (Lipinski definition) is 1. The molecule has 1 aromatic carbocycles. The van der Waals surface area contributed by atoms with Gasteiger partial charge in [-0.3, -0.25) is 0 Å². The summed E-state index contributed by atoms with van der Waals surface area (Å²) in [7, 11) is 0. The summed E-state index contributed by atoms with van der Waals surface area (Å²) in [6, 6.07) is 3.74. The molecule has 0 unspecified atom stereocenters. The highest BCUT2D eigenvalue weighted by Crippen LogP contribution is 2.31. The van der Waals surface area contributed by atoms with Crippen molar-refractivity contribution in [1.82, 2.24) is 9.97 Å². The number of benzene rings is 1. The molecule has 0 aliphatic rings. The molecular formula is C13H13F2N3S. The van der Waals surface area contributed by atoms with E-state index in [2.05, 4.69) is 9.97 Å². The predicted octanol–water partition coefficient (Wildman–Crippen LogP) is 3.36. The Morgan fingerprint density at radius 2 is 1.95 bits per heavy atom. The average Bonchev–Trinajstić information content (AvgIpc) is 2.39. The van der Waals surface area contributed by atoms with Gasteiger partial charge in [0.15, 0.2) is 11.6 Å². The van der Waals surface area contributed by atoms with Gasteiger partial charge in [-0.05, 0) is 25.1 Å². The van der Waals surface area contributed by atoms with Gasteiger partial charge in [0.05, 0.1) is 0 Å². The Labute approximate surface area is 114 Å². The van der Waals surface area contributed by atoms with E-state index in [0.29, 0.717) is 28.0 Å². The van der Waals surface area contributed by atoms with E-state index >= 15 is 0 Å². The molecule has 2 rings (SSSR count). The summed E-state index contributed by atoms with van der Waals surface area (Å²) in [4.78, 5) is 9.07. The molecule has 0 bridgehead atoms. The van der Waals surface area contributed by atoms with Gasteiger partial charge in [0.25, 0.3) is 0 Å². The van der Waals surface area contributed by atoms with E-state index in [0.717, 1.165) is 17.7 Å². The number of aryl methyl sites for hydroxylation is 1. The first-order valence-electron chi connectivity index (χ1n) is 5.77. The summed E-state index contributed by atoms with van der Waals surface area (Å²) < 4.78 is 26.0. The van der Waals surface area contributed by atoms with Gasteiger partial charge in [0, 0.05) is 16.9 Å². The molecule has 2 N–H and O–H groups in total. The number of nitrogens with zero attached hydrogens (tertiary/aromatic N) is 2. The van der Waals surface area contributed by atoms with E-state index in [4.69, 9.17) is 5.73 Å². The normalized spacial score (nSPS) is 10.7. The first-order valence-corrected chi connectivity index (χ1v) is 6.58. The lowest BCUT2D eigenvalue weighted by molar-refractivity contribution is 0.506. The van der Waals surface area contributed by atoms with Crippen molar-refractivity contribution in [2.75, 3.05) is 5.73 Å². The summed E-state index contributed by atoms with van der Waals surface area (Å²) in [5, 5.41) is 0.662. The smallest absolute Gasteiger partial charge is 0.159 e. The highest BCUT2D eigenvalue weighted by Gasteiger charge is 2.11. The van der Waals surface area contributed by atoms with Crippen LogP contribution in [0, 0.1) is 18.6 Å². The average molecular weight is 281 g/mol. The largest absolute Gasteiger partial charge is 0.383 e. The van der Waals surface area contributed by atoms with E-state index in [1.54, 1.807) is 6.92 Å². The van der Waals surface area contributed by atoms with Gasteiger partial charge in [0.2, 0.25) is 0 Å². The summed E-state index contributed by atoms with van der Waals surface area (Å²) in [6.45, 7) is 3.73. The van der Waals surface area contributed by atoms with Crippen molar-refractivity contribution >= 4 is 17.6 Å². The Hall–Kier alpha value is -1.69. The van der Waals surface area contributed by atoms with Crippen molar-refractivity contribution in [3.05, 3.63) is 41.2 Å². The molecule has 0 fully saturated rings. The number of aromatic nitrogens is 2. The number of hydrogen-bond acceptors (Lipinski definition) is 4. The Morgan fingerprint density at radius 3 is 2.58 bits per heavy atom. The SMILES string of the molecule is CCc1nc(N)c(C)c(Sc2ccc(F)c(F)c2)n1. The third-order valence-corrected chi connectivity index (χ3v) is 3.69. The molecule has 0 amide bonds. The van der Waals surface area contributed by atoms with Crippen LogP contribution in [0.4, 0.5) is 14.6 Å². The van der Waals surface area contributed by atoms with Gasteiger partial charge in [-0.2, -0.15) is 0 Å². The van der Waals surface area contributed by atoms with Crippen molar-refractivity contribution in [2.45, 2.75) is 30.2 Å². The Bertz CT molecular complexity index is 617. The fraction of sp³-hybridized carbons (Fsp3) is 0.231. The van der Waals surface area contributed by atoms with E-state index in [9.17, 15) is 8.78 Å². The van der Waals surface area contributed by atoms with Gasteiger partial charge < -0.3 is 5.73 Å². The Kier molecular flexibility index (Phi) is 3.99. The van der Waals surface area contributed by atoms with Crippen molar-refractivity contribution in [3.63, 3.8) is 0 Å². The molecule has 6 heteroatoms. The Balaban J connectivity index is 2.37. The summed E-state index contributed by atoms with van der Waals surface area (Å²) in [6.07, 6.45) is 0.663. The molecule has 0 saturated carbocycles. The Morgan fingerprint density at radius 1 is 1.21 bits per heavy atom. The second kappa shape index (κ2) is 5.52. The molecule has 3 nitrogen and oxygen atoms in total. The summed E-state index contributed by atoms with van der Waals surface area (Å²) in [5.41, 5.74) is 6.55. The fourth-order valence-electron chi connectivity index (χ4n) is 1.47. The minimum Gasteiger partial charge on any atom is -0.383 e. The molecule has 0 spiro atoms. The first kappa shape index (κ1) is 13.7. The monoisotopic (exact) mass is 281 g/mol. The predicted molar refractivity (Wildman–Crippen MR) is 71.0 cm³/mol. The molecule has 1 aromatic heterocycles. The maximum atomic E-state index is 13.2. The third-order valence-electron chi connectivity index (χ3n) is 2.61. The zero-order chi connectivity index (χ0) is 14.0. The topological polar surface area (TPSA) is 51.8 Å². The maximum Gasteiger partial charge on any atom is 0.159 e. The molecule has 100 valence electrons. The third kappa shape index (κ3) is 3.01. The van der Waals surface area contributed by atoms with Crippen LogP contribution in [0.25, 0.3) is 0 Å². The molecule has 0 aliphatic carbocycles. The lowest BCUT2D eigenvalue weighted by Crippen LogP contribution is -2.03. The van der Waals surface area contributed by atoms with Crippen LogP contribution < -0.4 is 5.73 Å². The summed E-state index contributed by atoms with van der Waals surface area (Å²) >= 11 is 1.24. The zero-order valence-corrected chi connectivity index (χ0v) is 11.4. The molecular weight excluding hydrogens is 268 g/mol. The molecule has 1 heterocycles. The number of nitrogens with two attached hydrogens (primary N) is 1. The number of halogens is 2. The van der Waals surface area contributed by atoms with Gasteiger partial charge in [-0.15, -0.1) is 0 Å².